The number of hydrogen-bond acceptors (Lipinski definition) is 7. The number of carbonyl (C=O) groups excluding carboxylic acids is 3. The Morgan fingerprint density at radius 3 is 2.73 bits per heavy atom. The van der Waals surface area contributed by atoms with Crippen LogP contribution in [-0.4, -0.2) is 73.9 Å². The lowest BCUT2D eigenvalue weighted by Crippen LogP contribution is -2.48. The van der Waals surface area contributed by atoms with Gasteiger partial charge in [0, 0.05) is 36.5 Å². The van der Waals surface area contributed by atoms with E-state index in [1.807, 2.05) is 0 Å². The van der Waals surface area contributed by atoms with Crippen LogP contribution in [0.1, 0.15) is 11.1 Å². The average molecular weight is 509 g/mol. The third-order valence-corrected chi connectivity index (χ3v) is 6.56. The van der Waals surface area contributed by atoms with E-state index in [-0.39, 0.29) is 31.0 Å². The molecule has 5 rings (SSSR count). The molecule has 3 N–H and O–H groups in total. The van der Waals surface area contributed by atoms with Crippen molar-refractivity contribution >= 4 is 17.8 Å². The van der Waals surface area contributed by atoms with Gasteiger partial charge in [-0.25, -0.2) is 9.18 Å². The lowest BCUT2D eigenvalue weighted by atomic mass is 9.88. The van der Waals surface area contributed by atoms with Gasteiger partial charge in [-0.15, -0.1) is 0 Å². The van der Waals surface area contributed by atoms with Crippen molar-refractivity contribution in [1.82, 2.24) is 24.9 Å². The number of aromatic hydroxyl groups is 1. The van der Waals surface area contributed by atoms with E-state index in [1.165, 1.54) is 35.2 Å². The van der Waals surface area contributed by atoms with Gasteiger partial charge in [-0.05, 0) is 29.8 Å². The molecule has 1 unspecified atom stereocenters. The van der Waals surface area contributed by atoms with Gasteiger partial charge in [0.2, 0.25) is 5.91 Å². The number of aromatic nitrogens is 2. The topological polar surface area (TPSA) is 137 Å². The molecule has 12 heteroatoms. The second kappa shape index (κ2) is 9.21. The van der Waals surface area contributed by atoms with Gasteiger partial charge in [-0.2, -0.15) is 5.10 Å². The number of imide groups is 1. The summed E-state index contributed by atoms with van der Waals surface area (Å²) in [4.78, 5) is 41.4. The molecule has 0 saturated carbocycles. The largest absolute Gasteiger partial charge is 0.508 e. The van der Waals surface area contributed by atoms with Crippen LogP contribution in [0, 0.1) is 5.82 Å². The Kier molecular flexibility index (Phi) is 6.04. The Bertz CT molecular complexity index is 1410. The van der Waals surface area contributed by atoms with Gasteiger partial charge in [-0.1, -0.05) is 12.1 Å². The second-order valence-electron chi connectivity index (χ2n) is 8.94. The van der Waals surface area contributed by atoms with Crippen LogP contribution in [0.2, 0.25) is 0 Å². The van der Waals surface area contributed by atoms with E-state index in [1.54, 1.807) is 30.2 Å². The van der Waals surface area contributed by atoms with Crippen LogP contribution in [0.4, 0.5) is 9.18 Å². The molecular weight excluding hydrogens is 485 g/mol. The van der Waals surface area contributed by atoms with Gasteiger partial charge < -0.3 is 25.2 Å². The molecule has 11 nitrogen and oxygen atoms in total. The summed E-state index contributed by atoms with van der Waals surface area (Å²) in [5.74, 6) is -1.78. The van der Waals surface area contributed by atoms with Crippen molar-refractivity contribution in [2.24, 2.45) is 7.05 Å². The Morgan fingerprint density at radius 1 is 1.22 bits per heavy atom. The lowest BCUT2D eigenvalue weighted by Gasteiger charge is -2.26. The summed E-state index contributed by atoms with van der Waals surface area (Å²) in [6.07, 6.45) is 3.35. The van der Waals surface area contributed by atoms with Gasteiger partial charge in [0.1, 0.15) is 30.5 Å². The maximum absolute atomic E-state index is 13.7. The molecular formula is C25H24FN5O6. The number of hydrogen-bond donors (Lipinski definition) is 3. The highest BCUT2D eigenvalue weighted by molar-refractivity contribution is 6.09. The van der Waals surface area contributed by atoms with Crippen molar-refractivity contribution in [1.29, 1.82) is 0 Å². The lowest BCUT2D eigenvalue weighted by molar-refractivity contribution is -0.140. The molecule has 1 saturated heterocycles. The zero-order valence-corrected chi connectivity index (χ0v) is 19.8. The Labute approximate surface area is 210 Å². The molecule has 1 fully saturated rings. The van der Waals surface area contributed by atoms with E-state index in [0.717, 1.165) is 5.56 Å². The van der Waals surface area contributed by atoms with Crippen molar-refractivity contribution in [2.45, 2.75) is 12.1 Å². The SMILES string of the molecule is Cn1cc(-c2ccc(C3(CO)NC(=O)N(CC(=O)N4CCOc5ccc(F)cc5C4)C3=O)c(O)c2)cn1. The van der Waals surface area contributed by atoms with Gasteiger partial charge in [-0.3, -0.25) is 19.2 Å². The first-order valence-corrected chi connectivity index (χ1v) is 11.5. The quantitative estimate of drug-likeness (QED) is 0.438. The number of carbonyl (C=O) groups is 3. The number of phenols is 1. The van der Waals surface area contributed by atoms with Crippen molar-refractivity contribution in [3.63, 3.8) is 0 Å². The summed E-state index contributed by atoms with van der Waals surface area (Å²) in [6, 6.07) is 7.60. The van der Waals surface area contributed by atoms with Crippen LogP contribution >= 0.6 is 0 Å². The molecule has 3 heterocycles. The predicted molar refractivity (Wildman–Crippen MR) is 127 cm³/mol. The van der Waals surface area contributed by atoms with Crippen LogP contribution in [0.25, 0.3) is 11.1 Å². The number of urea groups is 1. The molecule has 3 aromatic rings. The number of benzene rings is 2. The molecule has 0 aliphatic carbocycles. The molecule has 2 aromatic carbocycles. The smallest absolute Gasteiger partial charge is 0.325 e. The van der Waals surface area contributed by atoms with Crippen molar-refractivity contribution in [2.75, 3.05) is 26.3 Å². The van der Waals surface area contributed by atoms with Crippen LogP contribution in [-0.2, 0) is 28.7 Å². The van der Waals surface area contributed by atoms with Gasteiger partial charge in [0.05, 0.1) is 19.3 Å². The zero-order chi connectivity index (χ0) is 26.3. The van der Waals surface area contributed by atoms with Crippen molar-refractivity contribution in [3.05, 3.63) is 65.7 Å². The fourth-order valence-corrected chi connectivity index (χ4v) is 4.60. The number of fused-ring (bicyclic) bond motifs is 1. The minimum atomic E-state index is -1.97. The van der Waals surface area contributed by atoms with Crippen LogP contribution < -0.4 is 10.1 Å². The molecule has 192 valence electrons. The number of ether oxygens (including phenoxy) is 1. The number of amides is 4. The molecule has 0 bridgehead atoms. The van der Waals surface area contributed by atoms with Gasteiger partial charge >= 0.3 is 6.03 Å². The first-order chi connectivity index (χ1) is 17.7. The molecule has 4 amide bonds. The van der Waals surface area contributed by atoms with E-state index < -0.39 is 42.4 Å². The molecule has 2 aliphatic rings. The number of aliphatic hydroxyl groups excluding tert-OH is 1. The van der Waals surface area contributed by atoms with Gasteiger partial charge in [0.15, 0.2) is 5.54 Å². The summed E-state index contributed by atoms with van der Waals surface area (Å²) in [7, 11) is 1.75. The monoisotopic (exact) mass is 509 g/mol. The number of halogens is 1. The van der Waals surface area contributed by atoms with Crippen LogP contribution in [0.3, 0.4) is 0 Å². The maximum atomic E-state index is 13.7. The minimum Gasteiger partial charge on any atom is -0.508 e. The average Bonchev–Trinajstić information content (AvgIpc) is 3.32. The molecule has 0 spiro atoms. The number of nitrogens with one attached hydrogen (secondary N) is 1. The number of rotatable bonds is 5. The van der Waals surface area contributed by atoms with E-state index in [4.69, 9.17) is 4.74 Å². The van der Waals surface area contributed by atoms with E-state index in [0.29, 0.717) is 21.8 Å². The molecule has 37 heavy (non-hydrogen) atoms. The second-order valence-corrected chi connectivity index (χ2v) is 8.94. The summed E-state index contributed by atoms with van der Waals surface area (Å²) in [5.41, 5.74) is -0.174. The van der Waals surface area contributed by atoms with E-state index in [2.05, 4.69) is 10.4 Å². The fraction of sp³-hybridized carbons (Fsp3) is 0.280. The third kappa shape index (κ3) is 4.25. The Morgan fingerprint density at radius 2 is 2.03 bits per heavy atom. The number of nitrogens with zero attached hydrogens (tertiary/aromatic N) is 4. The molecule has 0 radical (unpaired) electrons. The van der Waals surface area contributed by atoms with Crippen LogP contribution in [0.15, 0.2) is 48.8 Å². The van der Waals surface area contributed by atoms with E-state index >= 15 is 0 Å². The highest BCUT2D eigenvalue weighted by Gasteiger charge is 2.54. The highest BCUT2D eigenvalue weighted by Crippen LogP contribution is 2.37. The normalized spacial score (nSPS) is 19.3. The maximum Gasteiger partial charge on any atom is 0.325 e. The summed E-state index contributed by atoms with van der Waals surface area (Å²) in [6.45, 7) is -1.09. The summed E-state index contributed by atoms with van der Waals surface area (Å²) in [5, 5.41) is 27.5. The predicted octanol–water partition coefficient (Wildman–Crippen LogP) is 1.09. The molecule has 1 atom stereocenters. The zero-order valence-electron chi connectivity index (χ0n) is 19.8. The summed E-state index contributed by atoms with van der Waals surface area (Å²) < 4.78 is 20.9. The molecule has 2 aliphatic heterocycles. The minimum absolute atomic E-state index is 0.0106. The van der Waals surface area contributed by atoms with Crippen molar-refractivity contribution < 1.29 is 33.7 Å². The third-order valence-electron chi connectivity index (χ3n) is 6.56. The van der Waals surface area contributed by atoms with E-state index in [9.17, 15) is 29.0 Å². The fourth-order valence-electron chi connectivity index (χ4n) is 4.60. The van der Waals surface area contributed by atoms with Crippen LogP contribution in [0.5, 0.6) is 11.5 Å². The Balaban J connectivity index is 1.37. The van der Waals surface area contributed by atoms with Crippen molar-refractivity contribution in [3.8, 4) is 22.6 Å². The number of phenolic OH excluding ortho intramolecular Hbond substituents is 1. The summed E-state index contributed by atoms with van der Waals surface area (Å²) >= 11 is 0. The molecule has 1 aromatic heterocycles. The van der Waals surface area contributed by atoms with Gasteiger partial charge in [0.25, 0.3) is 5.91 Å². The first kappa shape index (κ1) is 24.3. The Hall–Kier alpha value is -4.45. The first-order valence-electron chi connectivity index (χ1n) is 11.5. The standard InChI is InChI=1S/C25H24FN5O6/c1-29-11-17(10-27-29)15-2-4-19(20(33)9-15)25(14-32)23(35)31(24(36)28-25)13-22(34)30-6-7-37-21-5-3-18(26)8-16(21)12-30/h2-5,8-11,32-33H,6-7,12-14H2,1H3,(H,28,36). The number of aryl methyl sites for hydroxylation is 1. The highest BCUT2D eigenvalue weighted by atomic mass is 19.1. The number of aliphatic hydroxyl groups is 1.